The number of anilines is 6. The number of hydrogen-bond acceptors (Lipinski definition) is 4. The zero-order valence-corrected chi connectivity index (χ0v) is 48.2. The average Bonchev–Trinajstić information content (AvgIpc) is 0.735. The third-order valence-corrected chi connectivity index (χ3v) is 19.7. The number of aromatic nitrogens is 2. The van der Waals surface area contributed by atoms with Crippen molar-refractivity contribution < 1.29 is 0 Å². The first-order chi connectivity index (χ1) is 44.2. The molecular weight excluding hydrogens is 1080 g/mol. The summed E-state index contributed by atoms with van der Waals surface area (Å²) in [5, 5.41) is 21.3. The van der Waals surface area contributed by atoms with Crippen LogP contribution in [0.5, 0.6) is 0 Å². The SMILES string of the molecule is c1ccc(-c2ccc(N3c4cc(-c5nc(-c6ccccc6)nc6ccccc56)cc5c4B(c4c3cc3c6cccc7cccc(c8cccc4c83)c76)c3c(cc4c6cccc7cccc(c8cccc3c84)c76)N5c3ccc(-c4ccccc4)cc3)cc2)cc1. The van der Waals surface area contributed by atoms with E-state index in [1.54, 1.807) is 0 Å². The number of fused-ring (bicyclic) bond motifs is 11. The van der Waals surface area contributed by atoms with Gasteiger partial charge in [-0.2, -0.15) is 0 Å². The maximum atomic E-state index is 5.69. The minimum Gasteiger partial charge on any atom is -0.311 e. The first kappa shape index (κ1) is 48.6. The lowest BCUT2D eigenvalue weighted by atomic mass is 9.32. The maximum Gasteiger partial charge on any atom is 0.253 e. The molecule has 408 valence electrons. The predicted molar refractivity (Wildman–Crippen MR) is 378 cm³/mol. The Labute approximate surface area is 513 Å². The van der Waals surface area contributed by atoms with Gasteiger partial charge in [0.15, 0.2) is 5.82 Å². The van der Waals surface area contributed by atoms with Crippen molar-refractivity contribution in [1.29, 1.82) is 0 Å². The molecule has 89 heavy (non-hydrogen) atoms. The van der Waals surface area contributed by atoms with Gasteiger partial charge in [0.1, 0.15) is 0 Å². The zero-order chi connectivity index (χ0) is 58.0. The summed E-state index contributed by atoms with van der Waals surface area (Å²) in [5.41, 5.74) is 19.0. The van der Waals surface area contributed by atoms with Gasteiger partial charge in [0.25, 0.3) is 6.71 Å². The minimum absolute atomic E-state index is 0.240. The molecule has 17 aromatic carbocycles. The third-order valence-electron chi connectivity index (χ3n) is 19.7. The second-order valence-corrected chi connectivity index (χ2v) is 24.2. The smallest absolute Gasteiger partial charge is 0.253 e. The van der Waals surface area contributed by atoms with Crippen molar-refractivity contribution in [3.63, 3.8) is 0 Å². The van der Waals surface area contributed by atoms with Crippen LogP contribution in [0.1, 0.15) is 0 Å². The van der Waals surface area contributed by atoms with Crippen LogP contribution in [0.4, 0.5) is 34.1 Å². The van der Waals surface area contributed by atoms with Gasteiger partial charge in [-0.15, -0.1) is 0 Å². The summed E-state index contributed by atoms with van der Waals surface area (Å²) in [6, 6.07) is 111. The van der Waals surface area contributed by atoms with E-state index in [0.717, 1.165) is 61.8 Å². The molecule has 18 aromatic rings. The molecule has 0 N–H and O–H groups in total. The van der Waals surface area contributed by atoms with Crippen molar-refractivity contribution >= 4 is 154 Å². The van der Waals surface area contributed by atoms with Crippen molar-refractivity contribution in [2.75, 3.05) is 9.80 Å². The van der Waals surface area contributed by atoms with Gasteiger partial charge in [-0.25, -0.2) is 9.97 Å². The highest BCUT2D eigenvalue weighted by Crippen LogP contribution is 2.53. The Balaban J connectivity index is 0.986. The molecule has 0 amide bonds. The van der Waals surface area contributed by atoms with E-state index in [1.807, 2.05) is 0 Å². The van der Waals surface area contributed by atoms with Crippen LogP contribution in [-0.4, -0.2) is 16.7 Å². The highest BCUT2D eigenvalue weighted by Gasteiger charge is 2.46. The van der Waals surface area contributed by atoms with E-state index < -0.39 is 0 Å². The summed E-state index contributed by atoms with van der Waals surface area (Å²) in [7, 11) is 0. The average molecular weight is 1130 g/mol. The van der Waals surface area contributed by atoms with Gasteiger partial charge >= 0.3 is 0 Å². The Hall–Kier alpha value is -11.7. The summed E-state index contributed by atoms with van der Waals surface area (Å²) < 4.78 is 0. The molecule has 0 aliphatic carbocycles. The van der Waals surface area contributed by atoms with Crippen LogP contribution >= 0.6 is 0 Å². The highest BCUT2D eigenvalue weighted by molar-refractivity contribution is 7.03. The molecule has 4 nitrogen and oxygen atoms in total. The van der Waals surface area contributed by atoms with Crippen LogP contribution in [0.15, 0.2) is 297 Å². The van der Waals surface area contributed by atoms with Crippen LogP contribution in [0.2, 0.25) is 0 Å². The van der Waals surface area contributed by atoms with E-state index >= 15 is 0 Å². The molecular formula is C84H49BN4. The molecule has 0 saturated carbocycles. The quantitative estimate of drug-likeness (QED) is 0.0944. The van der Waals surface area contributed by atoms with Crippen molar-refractivity contribution in [2.24, 2.45) is 0 Å². The minimum atomic E-state index is -0.240. The lowest BCUT2D eigenvalue weighted by Gasteiger charge is -2.45. The van der Waals surface area contributed by atoms with Crippen LogP contribution < -0.4 is 26.2 Å². The molecule has 20 rings (SSSR count). The fraction of sp³-hybridized carbons (Fsp3) is 0. The summed E-state index contributed by atoms with van der Waals surface area (Å²) >= 11 is 0. The molecule has 1 aromatic heterocycles. The van der Waals surface area contributed by atoms with Gasteiger partial charge in [0.2, 0.25) is 0 Å². The standard InChI is InChI=1S/C84H49BN4/c1-4-18-50(19-5-1)52-38-42-58(43-39-52)88-72-46-57(83-66-28-10-11-37-71(66)86-84(87-83)56-22-8-3-9-23-56)47-73-82(72)85(80-67-35-16-33-62-60-29-12-24-54-26-14-31-64(76(54)60)69(78(62)67)48-74(80)88)81-68-36-17-34-63-61-30-13-25-55-27-15-32-65(77(55)61)70(79(63)68)49-75(81)89(73)59-44-40-53(41-45-59)51-20-6-2-7-21-51/h1-49H. The van der Waals surface area contributed by atoms with Gasteiger partial charge in [0, 0.05) is 50.6 Å². The lowest BCUT2D eigenvalue weighted by molar-refractivity contribution is 1.22. The Kier molecular flexibility index (Phi) is 10.1. The lowest BCUT2D eigenvalue weighted by Crippen LogP contribution is -2.61. The van der Waals surface area contributed by atoms with Gasteiger partial charge in [-0.05, 0) is 179 Å². The molecule has 0 saturated heterocycles. The number of benzene rings is 17. The summed E-state index contributed by atoms with van der Waals surface area (Å²) in [5.74, 6) is 0.688. The molecule has 0 unspecified atom stereocenters. The van der Waals surface area contributed by atoms with Gasteiger partial charge in [0.05, 0.1) is 11.2 Å². The normalized spacial score (nSPS) is 12.9. The first-order valence-corrected chi connectivity index (χ1v) is 30.8. The van der Waals surface area contributed by atoms with Gasteiger partial charge < -0.3 is 9.80 Å². The van der Waals surface area contributed by atoms with Crippen LogP contribution in [0, 0.1) is 0 Å². The molecule has 0 bridgehead atoms. The summed E-state index contributed by atoms with van der Waals surface area (Å²) in [6.07, 6.45) is 0. The topological polar surface area (TPSA) is 32.3 Å². The van der Waals surface area contributed by atoms with E-state index in [4.69, 9.17) is 9.97 Å². The molecule has 0 fully saturated rings. The largest absolute Gasteiger partial charge is 0.311 e. The second-order valence-electron chi connectivity index (χ2n) is 24.2. The van der Waals surface area contributed by atoms with Crippen LogP contribution in [-0.2, 0) is 0 Å². The Morgan fingerprint density at radius 3 is 1.07 bits per heavy atom. The predicted octanol–water partition coefficient (Wildman–Crippen LogP) is 20.5. The summed E-state index contributed by atoms with van der Waals surface area (Å²) in [4.78, 5) is 16.2. The number of nitrogens with zero attached hydrogens (tertiary/aromatic N) is 4. The molecule has 2 aliphatic heterocycles. The number of hydrogen-bond donors (Lipinski definition) is 0. The Morgan fingerprint density at radius 1 is 0.236 bits per heavy atom. The van der Waals surface area contributed by atoms with Crippen molar-refractivity contribution in [1.82, 2.24) is 9.97 Å². The molecule has 5 heteroatoms. The second kappa shape index (κ2) is 18.4. The Morgan fingerprint density at radius 2 is 0.596 bits per heavy atom. The molecule has 0 atom stereocenters. The van der Waals surface area contributed by atoms with E-state index in [0.29, 0.717) is 5.82 Å². The zero-order valence-electron chi connectivity index (χ0n) is 48.2. The van der Waals surface area contributed by atoms with Crippen molar-refractivity contribution in [3.8, 4) is 44.9 Å². The van der Waals surface area contributed by atoms with E-state index in [1.165, 1.54) is 125 Å². The van der Waals surface area contributed by atoms with Crippen molar-refractivity contribution in [2.45, 2.75) is 0 Å². The molecule has 0 spiro atoms. The summed E-state index contributed by atoms with van der Waals surface area (Å²) in [6.45, 7) is -0.240. The molecule has 3 heterocycles. The van der Waals surface area contributed by atoms with Gasteiger partial charge in [-0.1, -0.05) is 243 Å². The van der Waals surface area contributed by atoms with E-state index in [9.17, 15) is 0 Å². The Bertz CT molecular complexity index is 5650. The fourth-order valence-electron chi connectivity index (χ4n) is 16.0. The first-order valence-electron chi connectivity index (χ1n) is 30.8. The van der Waals surface area contributed by atoms with E-state index in [2.05, 4.69) is 307 Å². The highest BCUT2D eigenvalue weighted by atomic mass is 15.2. The van der Waals surface area contributed by atoms with Crippen LogP contribution in [0.3, 0.4) is 0 Å². The number of rotatable bonds is 6. The molecule has 0 radical (unpaired) electrons. The van der Waals surface area contributed by atoms with Crippen LogP contribution in [0.25, 0.3) is 142 Å². The van der Waals surface area contributed by atoms with Crippen molar-refractivity contribution in [3.05, 3.63) is 297 Å². The number of para-hydroxylation sites is 1. The third kappa shape index (κ3) is 6.90. The maximum absolute atomic E-state index is 5.69. The fourth-order valence-corrected chi connectivity index (χ4v) is 16.0. The molecule has 2 aliphatic rings. The monoisotopic (exact) mass is 1120 g/mol. The van der Waals surface area contributed by atoms with E-state index in [-0.39, 0.29) is 6.71 Å². The van der Waals surface area contributed by atoms with Gasteiger partial charge in [-0.3, -0.25) is 0 Å².